The van der Waals surface area contributed by atoms with E-state index in [-0.39, 0.29) is 5.56 Å². The van der Waals surface area contributed by atoms with Crippen LogP contribution in [0.15, 0.2) is 30.3 Å². The highest BCUT2D eigenvalue weighted by molar-refractivity contribution is 5.87. The first kappa shape index (κ1) is 15.0. The fourth-order valence-electron chi connectivity index (χ4n) is 2.80. The van der Waals surface area contributed by atoms with Crippen LogP contribution in [-0.4, -0.2) is 16.1 Å². The van der Waals surface area contributed by atoms with Gasteiger partial charge in [-0.05, 0) is 55.0 Å². The lowest BCUT2D eigenvalue weighted by Crippen LogP contribution is -2.10. The summed E-state index contributed by atoms with van der Waals surface area (Å²) >= 11 is 0. The van der Waals surface area contributed by atoms with Crippen molar-refractivity contribution in [1.29, 1.82) is 5.26 Å². The van der Waals surface area contributed by atoms with Crippen LogP contribution < -0.4 is 5.32 Å². The molecule has 0 saturated heterocycles. The maximum Gasteiger partial charge on any atom is 0.335 e. The smallest absolute Gasteiger partial charge is 0.335 e. The van der Waals surface area contributed by atoms with E-state index in [9.17, 15) is 10.1 Å². The molecule has 2 aromatic rings. The Morgan fingerprint density at radius 1 is 1.26 bits per heavy atom. The van der Waals surface area contributed by atoms with Gasteiger partial charge in [-0.25, -0.2) is 9.78 Å². The van der Waals surface area contributed by atoms with Crippen LogP contribution in [0.1, 0.15) is 45.6 Å². The predicted octanol–water partition coefficient (Wildman–Crippen LogP) is 3.14. The van der Waals surface area contributed by atoms with E-state index in [1.165, 1.54) is 5.56 Å². The van der Waals surface area contributed by atoms with Crippen LogP contribution in [0.4, 0.5) is 5.82 Å². The van der Waals surface area contributed by atoms with Gasteiger partial charge in [0.1, 0.15) is 11.9 Å². The third-order valence-corrected chi connectivity index (χ3v) is 4.08. The zero-order valence-corrected chi connectivity index (χ0v) is 12.7. The van der Waals surface area contributed by atoms with Gasteiger partial charge in [-0.3, -0.25) is 0 Å². The second-order valence-corrected chi connectivity index (χ2v) is 5.66. The molecule has 0 saturated carbocycles. The number of nitrogens with one attached hydrogen (secondary N) is 1. The lowest BCUT2D eigenvalue weighted by molar-refractivity contribution is 0.0697. The van der Waals surface area contributed by atoms with Crippen molar-refractivity contribution in [2.24, 2.45) is 0 Å². The quantitative estimate of drug-likeness (QED) is 0.906. The molecule has 1 aromatic carbocycles. The van der Waals surface area contributed by atoms with Gasteiger partial charge in [0.05, 0.1) is 11.1 Å². The summed E-state index contributed by atoms with van der Waals surface area (Å²) in [6, 6.07) is 10.8. The first-order valence-electron chi connectivity index (χ1n) is 7.66. The molecular formula is C18H17N3O2. The number of aryl methyl sites for hydroxylation is 2. The highest BCUT2D eigenvalue weighted by atomic mass is 16.4. The Bertz CT molecular complexity index is 776. The molecule has 0 amide bonds. The number of benzene rings is 1. The van der Waals surface area contributed by atoms with Crippen molar-refractivity contribution in [3.63, 3.8) is 0 Å². The minimum absolute atomic E-state index is 0.262. The second-order valence-electron chi connectivity index (χ2n) is 5.66. The van der Waals surface area contributed by atoms with Crippen molar-refractivity contribution in [3.05, 3.63) is 58.3 Å². The van der Waals surface area contributed by atoms with Gasteiger partial charge in [-0.15, -0.1) is 0 Å². The number of anilines is 1. The normalized spacial score (nSPS) is 13.0. The fraction of sp³-hybridized carbons (Fsp3) is 0.278. The number of fused-ring (bicyclic) bond motifs is 1. The van der Waals surface area contributed by atoms with Gasteiger partial charge in [0, 0.05) is 12.2 Å². The van der Waals surface area contributed by atoms with Gasteiger partial charge >= 0.3 is 5.97 Å². The Hall–Kier alpha value is -2.87. The standard InChI is InChI=1S/C18H17N3O2/c19-10-15-9-14-3-1-2-4-16(14)21-17(15)20-11-12-5-7-13(8-6-12)18(22)23/h5-9H,1-4,11H2,(H,20,21)(H,22,23). The lowest BCUT2D eigenvalue weighted by Gasteiger charge is -2.17. The number of nitriles is 1. The number of nitrogens with zero attached hydrogens (tertiary/aromatic N) is 2. The largest absolute Gasteiger partial charge is 0.478 e. The molecule has 0 bridgehead atoms. The number of carbonyl (C=O) groups is 1. The number of carboxylic acids is 1. The van der Waals surface area contributed by atoms with Crippen LogP contribution in [0.25, 0.3) is 0 Å². The number of hydrogen-bond donors (Lipinski definition) is 2. The number of carboxylic acid groups (broad SMARTS) is 1. The molecule has 23 heavy (non-hydrogen) atoms. The van der Waals surface area contributed by atoms with Crippen molar-refractivity contribution < 1.29 is 9.90 Å². The number of aromatic carboxylic acids is 1. The van der Waals surface area contributed by atoms with E-state index in [0.717, 1.165) is 36.9 Å². The maximum atomic E-state index is 10.8. The molecule has 5 nitrogen and oxygen atoms in total. The summed E-state index contributed by atoms with van der Waals surface area (Å²) in [5.41, 5.74) is 4.03. The van der Waals surface area contributed by atoms with E-state index in [4.69, 9.17) is 5.11 Å². The van der Waals surface area contributed by atoms with Gasteiger partial charge in [-0.1, -0.05) is 12.1 Å². The molecule has 0 radical (unpaired) electrons. The fourth-order valence-corrected chi connectivity index (χ4v) is 2.80. The Kier molecular flexibility index (Phi) is 4.24. The SMILES string of the molecule is N#Cc1cc2c(nc1NCc1ccc(C(=O)O)cc1)CCCC2. The van der Waals surface area contributed by atoms with Crippen molar-refractivity contribution in [2.75, 3.05) is 5.32 Å². The summed E-state index contributed by atoms with van der Waals surface area (Å²) in [7, 11) is 0. The Morgan fingerprint density at radius 3 is 2.70 bits per heavy atom. The third kappa shape index (κ3) is 3.32. The molecular weight excluding hydrogens is 290 g/mol. The molecule has 1 aromatic heterocycles. The van der Waals surface area contributed by atoms with Crippen molar-refractivity contribution in [3.8, 4) is 6.07 Å². The summed E-state index contributed by atoms with van der Waals surface area (Å²) in [6.45, 7) is 0.500. The average molecular weight is 307 g/mol. The van der Waals surface area contributed by atoms with Crippen LogP contribution in [0.5, 0.6) is 0 Å². The van der Waals surface area contributed by atoms with Gasteiger partial charge in [-0.2, -0.15) is 5.26 Å². The number of pyridine rings is 1. The van der Waals surface area contributed by atoms with Crippen LogP contribution in [-0.2, 0) is 19.4 Å². The number of hydrogen-bond acceptors (Lipinski definition) is 4. The molecule has 0 atom stereocenters. The van der Waals surface area contributed by atoms with Crippen LogP contribution in [0.3, 0.4) is 0 Å². The second kappa shape index (κ2) is 6.49. The molecule has 0 fully saturated rings. The molecule has 3 rings (SSSR count). The van der Waals surface area contributed by atoms with E-state index in [1.54, 1.807) is 24.3 Å². The average Bonchev–Trinajstić information content (AvgIpc) is 2.59. The molecule has 0 spiro atoms. The molecule has 5 heteroatoms. The molecule has 0 aliphatic heterocycles. The zero-order chi connectivity index (χ0) is 16.2. The van der Waals surface area contributed by atoms with Crippen LogP contribution in [0.2, 0.25) is 0 Å². The zero-order valence-electron chi connectivity index (χ0n) is 12.7. The van der Waals surface area contributed by atoms with E-state index >= 15 is 0 Å². The number of aromatic nitrogens is 1. The van der Waals surface area contributed by atoms with Crippen molar-refractivity contribution in [1.82, 2.24) is 4.98 Å². The molecule has 116 valence electrons. The van der Waals surface area contributed by atoms with Crippen LogP contribution in [0, 0.1) is 11.3 Å². The summed E-state index contributed by atoms with van der Waals surface area (Å²) in [6.07, 6.45) is 4.25. The minimum Gasteiger partial charge on any atom is -0.478 e. The van der Waals surface area contributed by atoms with Crippen molar-refractivity contribution in [2.45, 2.75) is 32.2 Å². The van der Waals surface area contributed by atoms with Crippen LogP contribution >= 0.6 is 0 Å². The van der Waals surface area contributed by atoms with Crippen molar-refractivity contribution >= 4 is 11.8 Å². The van der Waals surface area contributed by atoms with E-state index in [2.05, 4.69) is 16.4 Å². The minimum atomic E-state index is -0.937. The molecule has 1 heterocycles. The predicted molar refractivity (Wildman–Crippen MR) is 86.3 cm³/mol. The topological polar surface area (TPSA) is 86.0 Å². The van der Waals surface area contributed by atoms with E-state index in [1.807, 2.05) is 6.07 Å². The lowest BCUT2D eigenvalue weighted by atomic mass is 9.95. The van der Waals surface area contributed by atoms with Gasteiger partial charge in [0.15, 0.2) is 0 Å². The monoisotopic (exact) mass is 307 g/mol. The summed E-state index contributed by atoms with van der Waals surface area (Å²) in [5, 5.41) is 21.4. The highest BCUT2D eigenvalue weighted by Crippen LogP contribution is 2.24. The molecule has 2 N–H and O–H groups in total. The van der Waals surface area contributed by atoms with E-state index < -0.39 is 5.97 Å². The van der Waals surface area contributed by atoms with E-state index in [0.29, 0.717) is 17.9 Å². The van der Waals surface area contributed by atoms with Gasteiger partial charge < -0.3 is 10.4 Å². The summed E-state index contributed by atoms with van der Waals surface area (Å²) < 4.78 is 0. The molecule has 1 aliphatic carbocycles. The Labute approximate surface area is 134 Å². The summed E-state index contributed by atoms with van der Waals surface area (Å²) in [4.78, 5) is 15.5. The molecule has 1 aliphatic rings. The first-order valence-corrected chi connectivity index (χ1v) is 7.66. The summed E-state index contributed by atoms with van der Waals surface area (Å²) in [5.74, 6) is -0.330. The maximum absolute atomic E-state index is 10.8. The third-order valence-electron chi connectivity index (χ3n) is 4.08. The van der Waals surface area contributed by atoms with Gasteiger partial charge in [0.2, 0.25) is 0 Å². The number of rotatable bonds is 4. The molecule has 0 unspecified atom stereocenters. The Morgan fingerprint density at radius 2 is 2.00 bits per heavy atom. The van der Waals surface area contributed by atoms with Gasteiger partial charge in [0.25, 0.3) is 0 Å². The first-order chi connectivity index (χ1) is 11.2. The Balaban J connectivity index is 1.77. The highest BCUT2D eigenvalue weighted by Gasteiger charge is 2.15.